The fraction of sp³-hybridized carbons (Fsp3) is 0.0500. The third kappa shape index (κ3) is 3.52. The van der Waals surface area contributed by atoms with E-state index in [0.29, 0.717) is 38.7 Å². The summed E-state index contributed by atoms with van der Waals surface area (Å²) in [5.74, 6) is -0.171. The lowest BCUT2D eigenvalue weighted by atomic mass is 10.2. The Labute approximate surface area is 164 Å². The van der Waals surface area contributed by atoms with E-state index in [1.807, 2.05) is 0 Å². The second kappa shape index (κ2) is 7.28. The van der Waals surface area contributed by atoms with Crippen molar-refractivity contribution in [3.63, 3.8) is 0 Å². The molecule has 8 heteroatoms. The zero-order valence-electron chi connectivity index (χ0n) is 14.7. The van der Waals surface area contributed by atoms with Gasteiger partial charge in [0, 0.05) is 11.3 Å². The highest BCUT2D eigenvalue weighted by Crippen LogP contribution is 2.27. The number of carbonyl (C=O) groups excluding carboxylic acids is 1. The molecule has 4 aromatic rings. The van der Waals surface area contributed by atoms with Crippen LogP contribution in [0.3, 0.4) is 0 Å². The smallest absolute Gasteiger partial charge is 0.255 e. The Kier molecular flexibility index (Phi) is 4.67. The first-order chi connectivity index (χ1) is 13.5. The van der Waals surface area contributed by atoms with Crippen LogP contribution in [0.25, 0.3) is 16.7 Å². The fourth-order valence-corrected chi connectivity index (χ4v) is 2.94. The topological polar surface area (TPSA) is 69.0 Å². The van der Waals surface area contributed by atoms with Gasteiger partial charge in [-0.3, -0.25) is 4.79 Å². The summed E-state index contributed by atoms with van der Waals surface area (Å²) in [5.41, 5.74) is 2.86. The summed E-state index contributed by atoms with van der Waals surface area (Å²) in [5, 5.41) is 12.1. The second-order valence-corrected chi connectivity index (χ2v) is 6.38. The number of fused-ring (bicyclic) bond motifs is 1. The quantitative estimate of drug-likeness (QED) is 0.552. The number of carbonyl (C=O) groups is 1. The van der Waals surface area contributed by atoms with Crippen molar-refractivity contribution in [1.29, 1.82) is 0 Å². The largest absolute Gasteiger partial charge is 0.495 e. The number of ether oxygens (including phenoxy) is 1. The lowest BCUT2D eigenvalue weighted by Gasteiger charge is -2.05. The number of hydrogen-bond donors (Lipinski definition) is 1. The molecule has 0 unspecified atom stereocenters. The lowest BCUT2D eigenvalue weighted by Crippen LogP contribution is -2.11. The highest BCUT2D eigenvalue weighted by Gasteiger charge is 2.10. The van der Waals surface area contributed by atoms with E-state index in [0.717, 1.165) is 0 Å². The Hall–Kier alpha value is -3.45. The third-order valence-corrected chi connectivity index (χ3v) is 4.41. The summed E-state index contributed by atoms with van der Waals surface area (Å²) in [6.07, 6.45) is 0. The van der Waals surface area contributed by atoms with E-state index in [1.165, 1.54) is 29.1 Å². The van der Waals surface area contributed by atoms with E-state index in [4.69, 9.17) is 16.3 Å². The first-order valence-electron chi connectivity index (χ1n) is 8.31. The van der Waals surface area contributed by atoms with Gasteiger partial charge in [-0.2, -0.15) is 4.80 Å². The molecule has 0 bridgehead atoms. The number of halogens is 2. The van der Waals surface area contributed by atoms with Crippen LogP contribution in [0.15, 0.2) is 60.7 Å². The molecule has 0 saturated carbocycles. The van der Waals surface area contributed by atoms with E-state index >= 15 is 0 Å². The van der Waals surface area contributed by atoms with Gasteiger partial charge >= 0.3 is 0 Å². The van der Waals surface area contributed by atoms with Gasteiger partial charge in [0.15, 0.2) is 0 Å². The molecule has 6 nitrogen and oxygen atoms in total. The normalized spacial score (nSPS) is 10.8. The van der Waals surface area contributed by atoms with Crippen molar-refractivity contribution in [2.45, 2.75) is 0 Å². The van der Waals surface area contributed by atoms with Crippen LogP contribution in [0, 0.1) is 5.82 Å². The van der Waals surface area contributed by atoms with Gasteiger partial charge in [0.25, 0.3) is 5.91 Å². The summed E-state index contributed by atoms with van der Waals surface area (Å²) in [4.78, 5) is 13.7. The van der Waals surface area contributed by atoms with Gasteiger partial charge in [-0.25, -0.2) is 4.39 Å². The molecule has 28 heavy (non-hydrogen) atoms. The van der Waals surface area contributed by atoms with Gasteiger partial charge in [-0.05, 0) is 60.7 Å². The molecule has 1 N–H and O–H groups in total. The molecule has 0 spiro atoms. The van der Waals surface area contributed by atoms with Crippen LogP contribution in [0.4, 0.5) is 10.1 Å². The zero-order chi connectivity index (χ0) is 19.7. The van der Waals surface area contributed by atoms with Gasteiger partial charge in [0.05, 0.1) is 17.8 Å². The SMILES string of the molecule is COc1ccc(-n2nc3ccc(NC(=O)c4ccc(F)cc4)cc3n2)cc1Cl. The van der Waals surface area contributed by atoms with Crippen molar-refractivity contribution < 1.29 is 13.9 Å². The van der Waals surface area contributed by atoms with E-state index in [2.05, 4.69) is 15.5 Å². The summed E-state index contributed by atoms with van der Waals surface area (Å²) in [6.45, 7) is 0. The Morgan fingerprint density at radius 3 is 2.50 bits per heavy atom. The summed E-state index contributed by atoms with van der Waals surface area (Å²) >= 11 is 6.16. The molecule has 0 aliphatic rings. The maximum atomic E-state index is 13.0. The van der Waals surface area contributed by atoms with Crippen LogP contribution >= 0.6 is 11.6 Å². The molecule has 0 radical (unpaired) electrons. The number of anilines is 1. The molecule has 0 aliphatic carbocycles. The molecular weight excluding hydrogens is 383 g/mol. The van der Waals surface area contributed by atoms with E-state index in [1.54, 1.807) is 43.5 Å². The zero-order valence-corrected chi connectivity index (χ0v) is 15.4. The van der Waals surface area contributed by atoms with Crippen molar-refractivity contribution in [1.82, 2.24) is 15.0 Å². The van der Waals surface area contributed by atoms with Crippen LogP contribution in [0.2, 0.25) is 5.02 Å². The van der Waals surface area contributed by atoms with Crippen LogP contribution < -0.4 is 10.1 Å². The van der Waals surface area contributed by atoms with Crippen molar-refractivity contribution in [2.75, 3.05) is 12.4 Å². The number of benzene rings is 3. The average Bonchev–Trinajstić information content (AvgIpc) is 3.12. The second-order valence-electron chi connectivity index (χ2n) is 5.97. The van der Waals surface area contributed by atoms with Crippen molar-refractivity contribution in [2.24, 2.45) is 0 Å². The van der Waals surface area contributed by atoms with Crippen LogP contribution in [0.5, 0.6) is 5.75 Å². The number of nitrogens with zero attached hydrogens (tertiary/aromatic N) is 3. The molecule has 0 atom stereocenters. The summed E-state index contributed by atoms with van der Waals surface area (Å²) in [7, 11) is 1.54. The van der Waals surface area contributed by atoms with Crippen LogP contribution in [0.1, 0.15) is 10.4 Å². The molecule has 3 aromatic carbocycles. The first kappa shape index (κ1) is 17.9. The maximum absolute atomic E-state index is 13.0. The van der Waals surface area contributed by atoms with Gasteiger partial charge in [-0.15, -0.1) is 10.2 Å². The Balaban J connectivity index is 1.60. The molecule has 0 saturated heterocycles. The maximum Gasteiger partial charge on any atom is 0.255 e. The molecule has 1 amide bonds. The van der Waals surface area contributed by atoms with Gasteiger partial charge in [0.1, 0.15) is 22.6 Å². The van der Waals surface area contributed by atoms with Crippen molar-refractivity contribution >= 4 is 34.2 Å². The Morgan fingerprint density at radius 2 is 1.79 bits per heavy atom. The van der Waals surface area contributed by atoms with E-state index < -0.39 is 5.82 Å². The van der Waals surface area contributed by atoms with Crippen LogP contribution in [-0.2, 0) is 0 Å². The predicted molar refractivity (Wildman–Crippen MR) is 105 cm³/mol. The van der Waals surface area contributed by atoms with Crippen molar-refractivity contribution in [3.8, 4) is 11.4 Å². The molecule has 140 valence electrons. The molecule has 1 aromatic heterocycles. The molecule has 0 fully saturated rings. The number of nitrogens with one attached hydrogen (secondary N) is 1. The highest BCUT2D eigenvalue weighted by molar-refractivity contribution is 6.32. The fourth-order valence-electron chi connectivity index (χ4n) is 2.69. The van der Waals surface area contributed by atoms with Gasteiger partial charge < -0.3 is 10.1 Å². The number of methoxy groups -OCH3 is 1. The van der Waals surface area contributed by atoms with Crippen LogP contribution in [-0.4, -0.2) is 28.0 Å². The molecule has 4 rings (SSSR count). The summed E-state index contributed by atoms with van der Waals surface area (Å²) in [6, 6.07) is 15.8. The minimum absolute atomic E-state index is 0.339. The number of amides is 1. The molecular formula is C20H14ClFN4O2. The van der Waals surface area contributed by atoms with E-state index in [-0.39, 0.29) is 5.91 Å². The monoisotopic (exact) mass is 396 g/mol. The minimum Gasteiger partial charge on any atom is -0.495 e. The Bertz CT molecular complexity index is 1170. The molecule has 1 heterocycles. The average molecular weight is 397 g/mol. The molecule has 0 aliphatic heterocycles. The Morgan fingerprint density at radius 1 is 1.04 bits per heavy atom. The number of rotatable bonds is 4. The third-order valence-electron chi connectivity index (χ3n) is 4.11. The number of aromatic nitrogens is 3. The highest BCUT2D eigenvalue weighted by atomic mass is 35.5. The predicted octanol–water partition coefficient (Wildman–Crippen LogP) is 4.47. The van der Waals surface area contributed by atoms with Gasteiger partial charge in [-0.1, -0.05) is 11.6 Å². The minimum atomic E-state index is -0.395. The van der Waals surface area contributed by atoms with Gasteiger partial charge in [0.2, 0.25) is 0 Å². The first-order valence-corrected chi connectivity index (χ1v) is 8.69. The standard InChI is InChI=1S/C20H14ClFN4O2/c1-28-19-9-7-15(11-16(19)21)26-24-17-8-6-14(10-18(17)25-26)23-20(27)12-2-4-13(22)5-3-12/h2-11H,1H3,(H,23,27). The van der Waals surface area contributed by atoms with E-state index in [9.17, 15) is 9.18 Å². The van der Waals surface area contributed by atoms with Crippen molar-refractivity contribution in [3.05, 3.63) is 77.1 Å². The summed E-state index contributed by atoms with van der Waals surface area (Å²) < 4.78 is 18.1. The number of hydrogen-bond acceptors (Lipinski definition) is 4. The lowest BCUT2D eigenvalue weighted by molar-refractivity contribution is 0.102.